The van der Waals surface area contributed by atoms with Crippen molar-refractivity contribution in [2.24, 2.45) is 5.92 Å². The Kier molecular flexibility index (Phi) is 3.57. The summed E-state index contributed by atoms with van der Waals surface area (Å²) in [6.45, 7) is 2.76. The second-order valence-electron chi connectivity index (χ2n) is 5.57. The number of hydrogen-bond donors (Lipinski definition) is 2. The predicted octanol–water partition coefficient (Wildman–Crippen LogP) is 1.49. The van der Waals surface area contributed by atoms with Crippen LogP contribution in [0.2, 0.25) is 0 Å². The van der Waals surface area contributed by atoms with Crippen molar-refractivity contribution >= 4 is 5.95 Å². The summed E-state index contributed by atoms with van der Waals surface area (Å²) in [7, 11) is 0. The first-order valence-electron chi connectivity index (χ1n) is 6.97. The number of H-pyrrole nitrogens is 1. The zero-order valence-corrected chi connectivity index (χ0v) is 11.1. The number of hydrogen-bond acceptors (Lipinski definition) is 4. The molecule has 0 bridgehead atoms. The van der Waals surface area contributed by atoms with E-state index in [9.17, 15) is 13.2 Å². The zero-order chi connectivity index (χ0) is 14.2. The molecule has 2 aliphatic rings. The fourth-order valence-corrected chi connectivity index (χ4v) is 3.01. The van der Waals surface area contributed by atoms with Gasteiger partial charge in [-0.3, -0.25) is 5.10 Å². The van der Waals surface area contributed by atoms with E-state index in [1.54, 1.807) is 0 Å². The van der Waals surface area contributed by atoms with Crippen LogP contribution in [0.25, 0.3) is 0 Å². The van der Waals surface area contributed by atoms with E-state index in [-0.39, 0.29) is 6.42 Å². The van der Waals surface area contributed by atoms with Gasteiger partial charge in [0.05, 0.1) is 6.42 Å². The van der Waals surface area contributed by atoms with Crippen LogP contribution in [0, 0.1) is 5.92 Å². The summed E-state index contributed by atoms with van der Waals surface area (Å²) in [5.41, 5.74) is 0. The molecular weight excluding hydrogens is 271 g/mol. The van der Waals surface area contributed by atoms with Crippen molar-refractivity contribution in [3.8, 4) is 0 Å². The van der Waals surface area contributed by atoms with Crippen molar-refractivity contribution in [2.45, 2.75) is 37.9 Å². The molecule has 20 heavy (non-hydrogen) atoms. The molecule has 3 heterocycles. The molecule has 2 fully saturated rings. The Bertz CT molecular complexity index is 444. The SMILES string of the molecule is FC(F)(F)CCc1nc(N2CC3CCCNC3C2)n[nH]1. The van der Waals surface area contributed by atoms with Crippen molar-refractivity contribution < 1.29 is 13.2 Å². The summed E-state index contributed by atoms with van der Waals surface area (Å²) < 4.78 is 36.5. The van der Waals surface area contributed by atoms with E-state index in [4.69, 9.17) is 0 Å². The maximum Gasteiger partial charge on any atom is 0.389 e. The second-order valence-corrected chi connectivity index (χ2v) is 5.57. The van der Waals surface area contributed by atoms with Crippen LogP contribution < -0.4 is 10.2 Å². The lowest BCUT2D eigenvalue weighted by molar-refractivity contribution is -0.134. The topological polar surface area (TPSA) is 56.8 Å². The van der Waals surface area contributed by atoms with E-state index >= 15 is 0 Å². The van der Waals surface area contributed by atoms with Crippen LogP contribution in [0.5, 0.6) is 0 Å². The van der Waals surface area contributed by atoms with Gasteiger partial charge in [0.25, 0.3) is 0 Å². The summed E-state index contributed by atoms with van der Waals surface area (Å²) in [5.74, 6) is 1.43. The quantitative estimate of drug-likeness (QED) is 0.885. The third kappa shape index (κ3) is 3.05. The standard InChI is InChI=1S/C12H18F3N5/c13-12(14,15)4-3-10-17-11(19-18-10)20-6-8-2-1-5-16-9(8)7-20/h8-9,16H,1-7H2,(H,17,18,19). The number of anilines is 1. The Morgan fingerprint density at radius 3 is 2.90 bits per heavy atom. The highest BCUT2D eigenvalue weighted by molar-refractivity contribution is 5.32. The lowest BCUT2D eigenvalue weighted by Crippen LogP contribution is -2.40. The minimum atomic E-state index is -4.15. The molecular formula is C12H18F3N5. The number of nitrogens with zero attached hydrogens (tertiary/aromatic N) is 3. The van der Waals surface area contributed by atoms with Gasteiger partial charge < -0.3 is 10.2 Å². The summed E-state index contributed by atoms with van der Waals surface area (Å²) in [5, 5.41) is 10.1. The van der Waals surface area contributed by atoms with Gasteiger partial charge in [-0.1, -0.05) is 0 Å². The molecule has 0 aromatic carbocycles. The van der Waals surface area contributed by atoms with Gasteiger partial charge in [0.1, 0.15) is 5.82 Å². The summed E-state index contributed by atoms with van der Waals surface area (Å²) >= 11 is 0. The molecule has 0 amide bonds. The maximum atomic E-state index is 12.2. The molecule has 3 rings (SSSR count). The first-order chi connectivity index (χ1) is 9.51. The Morgan fingerprint density at radius 1 is 1.30 bits per heavy atom. The monoisotopic (exact) mass is 289 g/mol. The number of nitrogens with one attached hydrogen (secondary N) is 2. The number of aromatic nitrogens is 3. The summed E-state index contributed by atoms with van der Waals surface area (Å²) in [4.78, 5) is 6.24. The minimum absolute atomic E-state index is 0.143. The van der Waals surface area contributed by atoms with E-state index < -0.39 is 12.6 Å². The van der Waals surface area contributed by atoms with Crippen LogP contribution >= 0.6 is 0 Å². The highest BCUT2D eigenvalue weighted by Gasteiger charge is 2.35. The fraction of sp³-hybridized carbons (Fsp3) is 0.833. The molecule has 0 radical (unpaired) electrons. The maximum absolute atomic E-state index is 12.2. The molecule has 5 nitrogen and oxygen atoms in total. The molecule has 2 unspecified atom stereocenters. The summed E-state index contributed by atoms with van der Waals surface area (Å²) in [6, 6.07) is 0.459. The lowest BCUT2D eigenvalue weighted by Gasteiger charge is -2.24. The molecule has 0 spiro atoms. The van der Waals surface area contributed by atoms with Crippen LogP contribution in [0.3, 0.4) is 0 Å². The van der Waals surface area contributed by atoms with E-state index in [0.29, 0.717) is 23.7 Å². The molecule has 0 saturated carbocycles. The first kappa shape index (κ1) is 13.7. The number of piperidine rings is 1. The number of rotatable bonds is 3. The van der Waals surface area contributed by atoms with E-state index in [0.717, 1.165) is 19.6 Å². The largest absolute Gasteiger partial charge is 0.389 e. The third-order valence-electron chi connectivity index (χ3n) is 4.05. The molecule has 1 aromatic heterocycles. The second kappa shape index (κ2) is 5.23. The van der Waals surface area contributed by atoms with Gasteiger partial charge in [-0.15, -0.1) is 5.10 Å². The first-order valence-corrected chi connectivity index (χ1v) is 6.97. The van der Waals surface area contributed by atoms with Crippen LogP contribution in [0.4, 0.5) is 19.1 Å². The smallest absolute Gasteiger partial charge is 0.338 e. The average Bonchev–Trinajstić information content (AvgIpc) is 3.01. The van der Waals surface area contributed by atoms with Crippen LogP contribution in [0.15, 0.2) is 0 Å². The third-order valence-corrected chi connectivity index (χ3v) is 4.05. The van der Waals surface area contributed by atoms with Crippen molar-refractivity contribution in [3.63, 3.8) is 0 Å². The number of fused-ring (bicyclic) bond motifs is 1. The normalized spacial score (nSPS) is 26.9. The molecule has 1 aromatic rings. The fourth-order valence-electron chi connectivity index (χ4n) is 3.01. The molecule has 2 saturated heterocycles. The molecule has 2 N–H and O–H groups in total. The van der Waals surface area contributed by atoms with Crippen molar-refractivity contribution in [2.75, 3.05) is 24.5 Å². The minimum Gasteiger partial charge on any atom is -0.338 e. The van der Waals surface area contributed by atoms with Crippen molar-refractivity contribution in [1.29, 1.82) is 0 Å². The van der Waals surface area contributed by atoms with Crippen LogP contribution in [-0.2, 0) is 6.42 Å². The average molecular weight is 289 g/mol. The van der Waals surface area contributed by atoms with Gasteiger partial charge in [0.15, 0.2) is 0 Å². The van der Waals surface area contributed by atoms with Gasteiger partial charge in [-0.05, 0) is 25.3 Å². The Balaban J connectivity index is 1.60. The molecule has 112 valence electrons. The highest BCUT2D eigenvalue weighted by atomic mass is 19.4. The molecule has 2 aliphatic heterocycles. The number of aromatic amines is 1. The Labute approximate surface area is 114 Å². The molecule has 0 aliphatic carbocycles. The van der Waals surface area contributed by atoms with Crippen LogP contribution in [-0.4, -0.2) is 47.0 Å². The Hall–Kier alpha value is -1.31. The lowest BCUT2D eigenvalue weighted by atomic mass is 9.94. The van der Waals surface area contributed by atoms with Gasteiger partial charge in [-0.25, -0.2) is 0 Å². The van der Waals surface area contributed by atoms with Crippen molar-refractivity contribution in [3.05, 3.63) is 5.82 Å². The zero-order valence-electron chi connectivity index (χ0n) is 11.1. The number of aryl methyl sites for hydroxylation is 1. The Morgan fingerprint density at radius 2 is 2.15 bits per heavy atom. The number of halogens is 3. The van der Waals surface area contributed by atoms with E-state index in [2.05, 4.69) is 25.4 Å². The predicted molar refractivity (Wildman–Crippen MR) is 67.5 cm³/mol. The van der Waals surface area contributed by atoms with E-state index in [1.807, 2.05) is 0 Å². The van der Waals surface area contributed by atoms with Crippen LogP contribution in [0.1, 0.15) is 25.1 Å². The van der Waals surface area contributed by atoms with Crippen molar-refractivity contribution in [1.82, 2.24) is 20.5 Å². The van der Waals surface area contributed by atoms with E-state index in [1.165, 1.54) is 12.8 Å². The van der Waals surface area contributed by atoms with Gasteiger partial charge >= 0.3 is 6.18 Å². The van der Waals surface area contributed by atoms with Gasteiger partial charge in [0.2, 0.25) is 5.95 Å². The molecule has 8 heteroatoms. The summed E-state index contributed by atoms with van der Waals surface area (Å²) in [6.07, 6.45) is -2.79. The molecule has 2 atom stereocenters. The number of alkyl halides is 3. The van der Waals surface area contributed by atoms with Gasteiger partial charge in [0, 0.05) is 25.6 Å². The van der Waals surface area contributed by atoms with Gasteiger partial charge in [-0.2, -0.15) is 18.2 Å². The highest BCUT2D eigenvalue weighted by Crippen LogP contribution is 2.27.